The molecule has 0 amide bonds. The summed E-state index contributed by atoms with van der Waals surface area (Å²) in [5.74, 6) is 1.73. The maximum absolute atomic E-state index is 12.9. The van der Waals surface area contributed by atoms with Crippen molar-refractivity contribution in [1.82, 2.24) is 19.6 Å². The Morgan fingerprint density at radius 2 is 1.83 bits per heavy atom. The molecule has 0 saturated carbocycles. The van der Waals surface area contributed by atoms with Crippen LogP contribution in [0.3, 0.4) is 0 Å². The summed E-state index contributed by atoms with van der Waals surface area (Å²) in [6.45, 7) is 15.3. The van der Waals surface area contributed by atoms with Crippen LogP contribution in [0.1, 0.15) is 48.5 Å². The van der Waals surface area contributed by atoms with Crippen molar-refractivity contribution in [2.75, 3.05) is 6.61 Å². The van der Waals surface area contributed by atoms with Gasteiger partial charge < -0.3 is 9.72 Å². The number of hydrogen-bond donors (Lipinski definition) is 1. The molecule has 0 bridgehead atoms. The fourth-order valence-corrected chi connectivity index (χ4v) is 4.37. The predicted octanol–water partition coefficient (Wildman–Crippen LogP) is 4.96. The number of ketones is 1. The number of aryl methyl sites for hydroxylation is 3. The van der Waals surface area contributed by atoms with E-state index in [1.54, 1.807) is 17.5 Å². The Hall–Kier alpha value is -4.25. The summed E-state index contributed by atoms with van der Waals surface area (Å²) in [5, 5.41) is 4.71. The van der Waals surface area contributed by atoms with Gasteiger partial charge in [-0.15, -0.1) is 5.10 Å². The third kappa shape index (κ3) is 5.05. The summed E-state index contributed by atoms with van der Waals surface area (Å²) >= 11 is 0. The fourth-order valence-electron chi connectivity index (χ4n) is 4.37. The highest BCUT2D eigenvalue weighted by atomic mass is 16.5. The number of nitrogens with zero attached hydrogens (tertiary/aromatic N) is 4. The molecule has 8 nitrogen and oxygen atoms in total. The molecular formula is C28H29N5O3. The number of aromatic amines is 1. The van der Waals surface area contributed by atoms with E-state index >= 15 is 0 Å². The molecule has 4 aromatic rings. The van der Waals surface area contributed by atoms with Crippen molar-refractivity contribution in [3.63, 3.8) is 0 Å². The normalized spacial score (nSPS) is 11.0. The standard InChI is InChI=1S/C28H29N5O3/c1-6-8-25-30-18(4)26-28(35)31-27(32-33(25)26)22-16-20(10-12-24(22)36-7-2)15-21(34)14-19-9-11-23(29-5)17(3)13-19/h9-13,16H,6-8,14-15H2,1-4H3,(H,31,32,35). The van der Waals surface area contributed by atoms with Crippen molar-refractivity contribution in [2.45, 2.75) is 53.4 Å². The van der Waals surface area contributed by atoms with Crippen molar-refractivity contribution in [3.05, 3.63) is 86.4 Å². The molecule has 0 aliphatic heterocycles. The number of rotatable bonds is 9. The Kier molecular flexibility index (Phi) is 7.30. The van der Waals surface area contributed by atoms with Crippen LogP contribution in [0.15, 0.2) is 41.2 Å². The van der Waals surface area contributed by atoms with E-state index in [2.05, 4.69) is 21.7 Å². The number of fused-ring (bicyclic) bond motifs is 1. The molecule has 1 N–H and O–H groups in total. The molecule has 36 heavy (non-hydrogen) atoms. The zero-order valence-electron chi connectivity index (χ0n) is 21.0. The Labute approximate surface area is 209 Å². The van der Waals surface area contributed by atoms with Gasteiger partial charge in [-0.2, -0.15) is 0 Å². The first-order valence-electron chi connectivity index (χ1n) is 12.1. The molecule has 0 radical (unpaired) electrons. The molecule has 0 aliphatic rings. The Bertz CT molecular complexity index is 1540. The monoisotopic (exact) mass is 483 g/mol. The van der Waals surface area contributed by atoms with Gasteiger partial charge in [0.2, 0.25) is 0 Å². The average Bonchev–Trinajstić information content (AvgIpc) is 3.16. The lowest BCUT2D eigenvalue weighted by Gasteiger charge is -2.12. The lowest BCUT2D eigenvalue weighted by molar-refractivity contribution is -0.117. The molecule has 4 rings (SSSR count). The van der Waals surface area contributed by atoms with E-state index in [0.29, 0.717) is 47.1 Å². The van der Waals surface area contributed by atoms with E-state index in [1.165, 1.54) is 0 Å². The number of nitrogens with one attached hydrogen (secondary N) is 1. The fraction of sp³-hybridized carbons (Fsp3) is 0.321. The van der Waals surface area contributed by atoms with Gasteiger partial charge in [-0.1, -0.05) is 31.2 Å². The van der Waals surface area contributed by atoms with Crippen molar-refractivity contribution in [3.8, 4) is 17.1 Å². The largest absolute Gasteiger partial charge is 0.493 e. The minimum atomic E-state index is -0.269. The lowest BCUT2D eigenvalue weighted by Crippen LogP contribution is -2.16. The highest BCUT2D eigenvalue weighted by molar-refractivity contribution is 5.84. The number of benzene rings is 2. The van der Waals surface area contributed by atoms with Crippen LogP contribution in [-0.2, 0) is 24.1 Å². The number of ether oxygens (including phenoxy) is 1. The topological polar surface area (TPSA) is 93.7 Å². The van der Waals surface area contributed by atoms with Crippen LogP contribution in [-0.4, -0.2) is 32.0 Å². The molecule has 0 saturated heterocycles. The number of hydrogen-bond acceptors (Lipinski definition) is 5. The van der Waals surface area contributed by atoms with Crippen molar-refractivity contribution in [1.29, 1.82) is 0 Å². The zero-order valence-corrected chi connectivity index (χ0v) is 21.0. The third-order valence-electron chi connectivity index (χ3n) is 6.00. The number of Topliss-reactive ketones (excluding diaryl/α,β-unsaturated/α-hetero) is 1. The van der Waals surface area contributed by atoms with Crippen molar-refractivity contribution >= 4 is 17.0 Å². The molecule has 0 spiro atoms. The highest BCUT2D eigenvalue weighted by Crippen LogP contribution is 2.29. The van der Waals surface area contributed by atoms with Gasteiger partial charge in [0.05, 0.1) is 24.4 Å². The van der Waals surface area contributed by atoms with Crippen LogP contribution < -0.4 is 10.3 Å². The molecule has 0 aliphatic carbocycles. The molecule has 184 valence electrons. The second kappa shape index (κ2) is 10.6. The summed E-state index contributed by atoms with van der Waals surface area (Å²) < 4.78 is 7.44. The third-order valence-corrected chi connectivity index (χ3v) is 6.00. The van der Waals surface area contributed by atoms with Crippen LogP contribution >= 0.6 is 0 Å². The molecule has 0 fully saturated rings. The smallest absolute Gasteiger partial charge is 0.277 e. The Morgan fingerprint density at radius 1 is 1.11 bits per heavy atom. The van der Waals surface area contributed by atoms with Crippen LogP contribution in [0.5, 0.6) is 5.75 Å². The minimum absolute atomic E-state index is 0.0486. The molecule has 8 heteroatoms. The van der Waals surface area contributed by atoms with Gasteiger partial charge in [0, 0.05) is 19.3 Å². The molecule has 0 atom stereocenters. The van der Waals surface area contributed by atoms with Crippen LogP contribution in [0.2, 0.25) is 0 Å². The Balaban J connectivity index is 1.68. The van der Waals surface area contributed by atoms with E-state index in [1.807, 2.05) is 44.2 Å². The minimum Gasteiger partial charge on any atom is -0.493 e. The SMILES string of the molecule is [C-]#[N+]c1ccc(CC(=O)Cc2ccc(OCC)c(-c3nn4c(CCC)nc(C)c4c(=O)[nH]3)c2)cc1C. The van der Waals surface area contributed by atoms with Crippen molar-refractivity contribution in [2.24, 2.45) is 0 Å². The second-order valence-corrected chi connectivity index (χ2v) is 8.81. The molecule has 2 aromatic heterocycles. The quantitative estimate of drug-likeness (QED) is 0.340. The first kappa shape index (κ1) is 24.9. The average molecular weight is 484 g/mol. The van der Waals surface area contributed by atoms with Gasteiger partial charge in [0.25, 0.3) is 5.56 Å². The van der Waals surface area contributed by atoms with Gasteiger partial charge in [-0.3, -0.25) is 9.59 Å². The van der Waals surface area contributed by atoms with Gasteiger partial charge in [-0.05, 0) is 56.0 Å². The summed E-state index contributed by atoms with van der Waals surface area (Å²) in [4.78, 5) is 36.7. The van der Waals surface area contributed by atoms with E-state index in [4.69, 9.17) is 16.4 Å². The Morgan fingerprint density at radius 3 is 2.50 bits per heavy atom. The van der Waals surface area contributed by atoms with Crippen molar-refractivity contribution < 1.29 is 9.53 Å². The zero-order chi connectivity index (χ0) is 25.8. The number of H-pyrrole nitrogens is 1. The highest BCUT2D eigenvalue weighted by Gasteiger charge is 2.18. The van der Waals surface area contributed by atoms with Gasteiger partial charge in [0.15, 0.2) is 17.0 Å². The van der Waals surface area contributed by atoms with Crippen LogP contribution in [0, 0.1) is 20.4 Å². The summed E-state index contributed by atoms with van der Waals surface area (Å²) in [6.07, 6.45) is 2.08. The van der Waals surface area contributed by atoms with Crippen LogP contribution in [0.25, 0.3) is 21.7 Å². The van der Waals surface area contributed by atoms with Gasteiger partial charge in [-0.25, -0.2) is 14.3 Å². The molecular weight excluding hydrogens is 454 g/mol. The van der Waals surface area contributed by atoms with Gasteiger partial charge in [0.1, 0.15) is 17.4 Å². The molecule has 0 unspecified atom stereocenters. The number of aromatic nitrogens is 4. The number of carbonyl (C=O) groups is 1. The number of carbonyl (C=O) groups excluding carboxylic acids is 1. The second-order valence-electron chi connectivity index (χ2n) is 8.81. The predicted molar refractivity (Wildman–Crippen MR) is 139 cm³/mol. The number of imidazole rings is 1. The first-order valence-corrected chi connectivity index (χ1v) is 12.1. The maximum atomic E-state index is 12.9. The van der Waals surface area contributed by atoms with E-state index in [9.17, 15) is 9.59 Å². The van der Waals surface area contributed by atoms with Crippen LogP contribution in [0.4, 0.5) is 5.69 Å². The maximum Gasteiger partial charge on any atom is 0.277 e. The van der Waals surface area contributed by atoms with Gasteiger partial charge >= 0.3 is 0 Å². The van der Waals surface area contributed by atoms with E-state index < -0.39 is 0 Å². The summed E-state index contributed by atoms with van der Waals surface area (Å²) in [6, 6.07) is 11.0. The molecule has 2 heterocycles. The van der Waals surface area contributed by atoms with E-state index in [-0.39, 0.29) is 24.2 Å². The summed E-state index contributed by atoms with van der Waals surface area (Å²) in [5.41, 5.74) is 4.56. The van der Waals surface area contributed by atoms with E-state index in [0.717, 1.165) is 28.9 Å². The summed E-state index contributed by atoms with van der Waals surface area (Å²) in [7, 11) is 0. The first-order chi connectivity index (χ1) is 17.3. The lowest BCUT2D eigenvalue weighted by atomic mass is 9.99. The molecule has 2 aromatic carbocycles.